The number of nitrogens with zero attached hydrogens (tertiary/aromatic N) is 3. The Morgan fingerprint density at radius 2 is 2.28 bits per heavy atom. The Hall–Kier alpha value is -1.17. The molecule has 1 aliphatic rings. The van der Waals surface area contributed by atoms with Crippen LogP contribution < -0.4 is 4.90 Å². The fraction of sp³-hybridized carbons (Fsp3) is 0.583. The van der Waals surface area contributed by atoms with Crippen molar-refractivity contribution in [3.8, 4) is 0 Å². The third-order valence-electron chi connectivity index (χ3n) is 3.56. The van der Waals surface area contributed by atoms with Crippen LogP contribution in [0.1, 0.15) is 37.2 Å². The number of carboxylic acids is 1. The summed E-state index contributed by atoms with van der Waals surface area (Å²) in [5.41, 5.74) is 0.0189. The normalized spacial score (nSPS) is 24.1. The maximum Gasteiger partial charge on any atom is 0.355 e. The lowest BCUT2D eigenvalue weighted by Crippen LogP contribution is -2.43. The van der Waals surface area contributed by atoms with E-state index >= 15 is 0 Å². The molecule has 2 unspecified atom stereocenters. The van der Waals surface area contributed by atoms with Crippen LogP contribution in [0, 0.1) is 5.92 Å². The summed E-state index contributed by atoms with van der Waals surface area (Å²) in [5, 5.41) is 9.07. The third-order valence-corrected chi connectivity index (χ3v) is 4.14. The van der Waals surface area contributed by atoms with E-state index < -0.39 is 5.97 Å². The number of carbonyl (C=O) groups is 1. The number of hydrogen-bond donors (Lipinski definition) is 1. The molecular weight excluding hydrogens is 298 g/mol. The van der Waals surface area contributed by atoms with Crippen molar-refractivity contribution in [1.29, 1.82) is 0 Å². The van der Waals surface area contributed by atoms with E-state index in [0.29, 0.717) is 22.4 Å². The molecule has 1 saturated heterocycles. The van der Waals surface area contributed by atoms with Gasteiger partial charge in [0.15, 0.2) is 5.69 Å². The molecule has 0 radical (unpaired) electrons. The predicted molar refractivity (Wildman–Crippen MR) is 71.9 cm³/mol. The minimum absolute atomic E-state index is 0.0189. The van der Waals surface area contributed by atoms with Crippen LogP contribution in [0.15, 0.2) is 10.7 Å². The second-order valence-electron chi connectivity index (χ2n) is 4.73. The molecule has 0 saturated carbocycles. The van der Waals surface area contributed by atoms with Crippen molar-refractivity contribution >= 4 is 27.8 Å². The number of hydrogen-bond acceptors (Lipinski definition) is 4. The smallest absolute Gasteiger partial charge is 0.355 e. The fourth-order valence-electron chi connectivity index (χ4n) is 2.26. The number of anilines is 1. The fourth-order valence-corrected chi connectivity index (χ4v) is 2.62. The average Bonchev–Trinajstić information content (AvgIpc) is 2.33. The van der Waals surface area contributed by atoms with Crippen molar-refractivity contribution in [2.75, 3.05) is 11.4 Å². The van der Waals surface area contributed by atoms with Crippen LogP contribution in [0.5, 0.6) is 0 Å². The molecule has 0 amide bonds. The first-order chi connectivity index (χ1) is 8.50. The Kier molecular flexibility index (Phi) is 3.85. The first-order valence-corrected chi connectivity index (χ1v) is 6.82. The molecular formula is C12H16BrN3O2. The minimum Gasteiger partial charge on any atom is -0.476 e. The molecule has 1 aliphatic heterocycles. The highest BCUT2D eigenvalue weighted by Gasteiger charge is 2.27. The van der Waals surface area contributed by atoms with Gasteiger partial charge in [-0.2, -0.15) is 0 Å². The van der Waals surface area contributed by atoms with Crippen molar-refractivity contribution in [2.45, 2.75) is 32.7 Å². The lowest BCUT2D eigenvalue weighted by atomic mass is 9.92. The highest BCUT2D eigenvalue weighted by atomic mass is 79.9. The van der Waals surface area contributed by atoms with E-state index in [4.69, 9.17) is 5.11 Å². The lowest BCUT2D eigenvalue weighted by molar-refractivity contribution is 0.0689. The second kappa shape index (κ2) is 5.22. The largest absolute Gasteiger partial charge is 0.476 e. The first kappa shape index (κ1) is 13.3. The summed E-state index contributed by atoms with van der Waals surface area (Å²) in [6.07, 6.45) is 3.80. The Morgan fingerprint density at radius 3 is 2.94 bits per heavy atom. The van der Waals surface area contributed by atoms with Gasteiger partial charge in [-0.25, -0.2) is 14.8 Å². The van der Waals surface area contributed by atoms with E-state index in [9.17, 15) is 4.79 Å². The molecule has 6 heteroatoms. The molecule has 1 fully saturated rings. The van der Waals surface area contributed by atoms with E-state index in [1.165, 1.54) is 12.6 Å². The molecule has 2 rings (SSSR count). The summed E-state index contributed by atoms with van der Waals surface area (Å²) in [7, 11) is 0. The number of rotatable bonds is 2. The Morgan fingerprint density at radius 1 is 1.56 bits per heavy atom. The van der Waals surface area contributed by atoms with E-state index in [0.717, 1.165) is 13.0 Å². The molecule has 5 nitrogen and oxygen atoms in total. The predicted octanol–water partition coefficient (Wildman–Crippen LogP) is 2.56. The van der Waals surface area contributed by atoms with Gasteiger partial charge in [-0.1, -0.05) is 6.92 Å². The van der Waals surface area contributed by atoms with Gasteiger partial charge in [0, 0.05) is 18.8 Å². The van der Waals surface area contributed by atoms with Crippen molar-refractivity contribution in [2.24, 2.45) is 5.92 Å². The summed E-state index contributed by atoms with van der Waals surface area (Å²) in [5.74, 6) is 0.0390. The quantitative estimate of drug-likeness (QED) is 0.909. The summed E-state index contributed by atoms with van der Waals surface area (Å²) in [6, 6.07) is 0.335. The van der Waals surface area contributed by atoms with Crippen molar-refractivity contribution < 1.29 is 9.90 Å². The molecule has 1 aromatic rings. The molecule has 18 heavy (non-hydrogen) atoms. The monoisotopic (exact) mass is 313 g/mol. The third kappa shape index (κ3) is 2.48. The van der Waals surface area contributed by atoms with E-state index in [1.54, 1.807) is 0 Å². The molecule has 0 spiro atoms. The van der Waals surface area contributed by atoms with Gasteiger partial charge in [0.1, 0.15) is 0 Å². The van der Waals surface area contributed by atoms with Crippen LogP contribution in [0.4, 0.5) is 5.95 Å². The van der Waals surface area contributed by atoms with E-state index in [1.807, 2.05) is 0 Å². The van der Waals surface area contributed by atoms with Crippen LogP contribution in [0.25, 0.3) is 0 Å². The number of aromatic carboxylic acids is 1. The zero-order valence-corrected chi connectivity index (χ0v) is 12.0. The van der Waals surface area contributed by atoms with Gasteiger partial charge in [0.2, 0.25) is 5.95 Å². The maximum absolute atomic E-state index is 11.1. The zero-order valence-electron chi connectivity index (χ0n) is 10.4. The van der Waals surface area contributed by atoms with Crippen molar-refractivity contribution in [3.05, 3.63) is 16.4 Å². The van der Waals surface area contributed by atoms with Gasteiger partial charge < -0.3 is 10.0 Å². The molecule has 1 N–H and O–H groups in total. The van der Waals surface area contributed by atoms with Crippen LogP contribution in [-0.2, 0) is 0 Å². The van der Waals surface area contributed by atoms with Crippen LogP contribution >= 0.6 is 15.9 Å². The van der Waals surface area contributed by atoms with Crippen LogP contribution in [0.2, 0.25) is 0 Å². The minimum atomic E-state index is -1.04. The molecule has 2 atom stereocenters. The first-order valence-electron chi connectivity index (χ1n) is 6.03. The van der Waals surface area contributed by atoms with Crippen molar-refractivity contribution in [3.63, 3.8) is 0 Å². The van der Waals surface area contributed by atoms with Gasteiger partial charge in [0.05, 0.1) is 4.47 Å². The zero-order chi connectivity index (χ0) is 13.3. The van der Waals surface area contributed by atoms with Gasteiger partial charge in [-0.15, -0.1) is 0 Å². The highest BCUT2D eigenvalue weighted by molar-refractivity contribution is 9.10. The summed E-state index contributed by atoms with van der Waals surface area (Å²) in [4.78, 5) is 21.5. The van der Waals surface area contributed by atoms with Crippen molar-refractivity contribution in [1.82, 2.24) is 9.97 Å². The Bertz CT molecular complexity index is 467. The summed E-state index contributed by atoms with van der Waals surface area (Å²) >= 11 is 3.16. The Labute approximate surface area is 114 Å². The summed E-state index contributed by atoms with van der Waals surface area (Å²) < 4.78 is 0.413. The average molecular weight is 314 g/mol. The number of carboxylic acid groups (broad SMARTS) is 1. The second-order valence-corrected chi connectivity index (χ2v) is 5.58. The molecule has 98 valence electrons. The maximum atomic E-state index is 11.1. The molecule has 0 aliphatic carbocycles. The van der Waals surface area contributed by atoms with Crippen LogP contribution in [-0.4, -0.2) is 33.6 Å². The van der Waals surface area contributed by atoms with E-state index in [2.05, 4.69) is 44.6 Å². The topological polar surface area (TPSA) is 66.3 Å². The number of piperidine rings is 1. The highest BCUT2D eigenvalue weighted by Crippen LogP contribution is 2.27. The molecule has 0 bridgehead atoms. The van der Waals surface area contributed by atoms with Gasteiger partial charge >= 0.3 is 5.97 Å². The standard InChI is InChI=1S/C12H16BrN3O2/c1-7-4-3-5-16(8(7)2)12-14-6-9(13)10(15-12)11(17)18/h6-8H,3-5H2,1-2H3,(H,17,18). The lowest BCUT2D eigenvalue weighted by Gasteiger charge is -2.37. The molecule has 2 heterocycles. The Balaban J connectivity index is 2.33. The molecule has 1 aromatic heterocycles. The van der Waals surface area contributed by atoms with Gasteiger partial charge in [0.25, 0.3) is 0 Å². The van der Waals surface area contributed by atoms with Crippen LogP contribution in [0.3, 0.4) is 0 Å². The summed E-state index contributed by atoms with van der Waals surface area (Å²) in [6.45, 7) is 5.22. The van der Waals surface area contributed by atoms with Gasteiger partial charge in [-0.05, 0) is 41.6 Å². The van der Waals surface area contributed by atoms with E-state index in [-0.39, 0.29) is 5.69 Å². The SMILES string of the molecule is CC1CCCN(c2ncc(Br)c(C(=O)O)n2)C1C. The number of aromatic nitrogens is 2. The van der Waals surface area contributed by atoms with Gasteiger partial charge in [-0.3, -0.25) is 0 Å². The molecule has 0 aromatic carbocycles. The number of halogens is 1.